The summed E-state index contributed by atoms with van der Waals surface area (Å²) >= 11 is 0. The molecule has 0 aliphatic rings. The Hall–Kier alpha value is -1.77. The van der Waals surface area contributed by atoms with Crippen molar-refractivity contribution >= 4 is 0 Å². The molecule has 0 saturated carbocycles. The van der Waals surface area contributed by atoms with Crippen molar-refractivity contribution in [2.45, 2.75) is 20.3 Å². The first-order valence-electron chi connectivity index (χ1n) is 5.05. The molecule has 0 unspecified atom stereocenters. The molecule has 0 fully saturated rings. The summed E-state index contributed by atoms with van der Waals surface area (Å²) in [4.78, 5) is 4.43. The van der Waals surface area contributed by atoms with Crippen LogP contribution in [0.5, 0.6) is 5.75 Å². The SMILES string of the molecule is CCc1nc(C)cn1-c1ccc(O)cc1. The summed E-state index contributed by atoms with van der Waals surface area (Å²) in [6, 6.07) is 7.14. The fraction of sp³-hybridized carbons (Fsp3) is 0.250. The van der Waals surface area contributed by atoms with E-state index in [1.807, 2.05) is 25.3 Å². The van der Waals surface area contributed by atoms with Gasteiger partial charge in [-0.1, -0.05) is 6.92 Å². The molecule has 0 spiro atoms. The Balaban J connectivity index is 2.48. The van der Waals surface area contributed by atoms with Crippen molar-refractivity contribution in [2.75, 3.05) is 0 Å². The van der Waals surface area contributed by atoms with E-state index in [-0.39, 0.29) is 5.75 Å². The summed E-state index contributed by atoms with van der Waals surface area (Å²) < 4.78 is 2.05. The summed E-state index contributed by atoms with van der Waals surface area (Å²) in [5.74, 6) is 1.33. The van der Waals surface area contributed by atoms with Gasteiger partial charge in [-0.2, -0.15) is 0 Å². The molecule has 0 atom stereocenters. The van der Waals surface area contributed by atoms with Crippen molar-refractivity contribution in [3.8, 4) is 11.4 Å². The molecular formula is C12H14N2O. The molecule has 2 rings (SSSR count). The van der Waals surface area contributed by atoms with Crippen LogP contribution < -0.4 is 0 Å². The van der Waals surface area contributed by atoms with E-state index < -0.39 is 0 Å². The number of aromatic hydroxyl groups is 1. The Morgan fingerprint density at radius 1 is 1.27 bits per heavy atom. The van der Waals surface area contributed by atoms with Gasteiger partial charge in [0, 0.05) is 18.3 Å². The predicted octanol–water partition coefficient (Wildman–Crippen LogP) is 2.45. The van der Waals surface area contributed by atoms with E-state index in [1.54, 1.807) is 12.1 Å². The van der Waals surface area contributed by atoms with Gasteiger partial charge in [0.15, 0.2) is 0 Å². The van der Waals surface area contributed by atoms with E-state index in [9.17, 15) is 5.11 Å². The Bertz CT molecular complexity index is 457. The number of benzene rings is 1. The van der Waals surface area contributed by atoms with E-state index in [0.717, 1.165) is 23.6 Å². The lowest BCUT2D eigenvalue weighted by atomic mass is 10.3. The minimum atomic E-state index is 0.286. The van der Waals surface area contributed by atoms with Gasteiger partial charge < -0.3 is 9.67 Å². The third kappa shape index (κ3) is 1.86. The Labute approximate surface area is 89.0 Å². The summed E-state index contributed by atoms with van der Waals surface area (Å²) in [6.07, 6.45) is 2.90. The van der Waals surface area contributed by atoms with E-state index in [2.05, 4.69) is 16.5 Å². The Morgan fingerprint density at radius 3 is 2.53 bits per heavy atom. The zero-order valence-corrected chi connectivity index (χ0v) is 8.94. The van der Waals surface area contributed by atoms with Crippen molar-refractivity contribution < 1.29 is 5.11 Å². The van der Waals surface area contributed by atoms with E-state index in [4.69, 9.17) is 0 Å². The lowest BCUT2D eigenvalue weighted by Crippen LogP contribution is -1.98. The summed E-state index contributed by atoms with van der Waals surface area (Å²) in [6.45, 7) is 4.06. The molecule has 1 aromatic carbocycles. The molecule has 1 N–H and O–H groups in total. The molecule has 1 heterocycles. The molecular weight excluding hydrogens is 188 g/mol. The van der Waals surface area contributed by atoms with Crippen LogP contribution in [0, 0.1) is 6.92 Å². The lowest BCUT2D eigenvalue weighted by Gasteiger charge is -2.05. The molecule has 0 amide bonds. The highest BCUT2D eigenvalue weighted by Crippen LogP contribution is 2.16. The second-order valence-corrected chi connectivity index (χ2v) is 3.54. The number of imidazole rings is 1. The quantitative estimate of drug-likeness (QED) is 0.812. The van der Waals surface area contributed by atoms with Crippen LogP contribution in [0.25, 0.3) is 5.69 Å². The second-order valence-electron chi connectivity index (χ2n) is 3.54. The molecule has 0 aliphatic heterocycles. The first-order valence-corrected chi connectivity index (χ1v) is 5.05. The highest BCUT2D eigenvalue weighted by atomic mass is 16.3. The molecule has 1 aromatic heterocycles. The number of phenols is 1. The van der Waals surface area contributed by atoms with Crippen LogP contribution in [0.4, 0.5) is 0 Å². The minimum absolute atomic E-state index is 0.286. The topological polar surface area (TPSA) is 38.0 Å². The van der Waals surface area contributed by atoms with Crippen molar-refractivity contribution in [1.29, 1.82) is 0 Å². The second kappa shape index (κ2) is 3.77. The van der Waals surface area contributed by atoms with Crippen molar-refractivity contribution in [3.05, 3.63) is 42.0 Å². The van der Waals surface area contributed by atoms with Gasteiger partial charge in [0.25, 0.3) is 0 Å². The number of aromatic nitrogens is 2. The first kappa shape index (κ1) is 9.77. The fourth-order valence-corrected chi connectivity index (χ4v) is 1.63. The number of rotatable bonds is 2. The fourth-order valence-electron chi connectivity index (χ4n) is 1.63. The zero-order chi connectivity index (χ0) is 10.8. The van der Waals surface area contributed by atoms with Crippen molar-refractivity contribution in [1.82, 2.24) is 9.55 Å². The molecule has 0 radical (unpaired) electrons. The number of phenolic OH excluding ortho intramolecular Hbond substituents is 1. The lowest BCUT2D eigenvalue weighted by molar-refractivity contribution is 0.475. The maximum absolute atomic E-state index is 9.21. The molecule has 78 valence electrons. The molecule has 0 bridgehead atoms. The van der Waals surface area contributed by atoms with Crippen molar-refractivity contribution in [3.63, 3.8) is 0 Å². The van der Waals surface area contributed by atoms with Gasteiger partial charge in [0.05, 0.1) is 5.69 Å². The maximum atomic E-state index is 9.21. The van der Waals surface area contributed by atoms with E-state index >= 15 is 0 Å². The predicted molar refractivity (Wildman–Crippen MR) is 59.3 cm³/mol. The summed E-state index contributed by atoms with van der Waals surface area (Å²) in [7, 11) is 0. The first-order chi connectivity index (χ1) is 7.20. The van der Waals surface area contributed by atoms with Crippen LogP contribution in [0.3, 0.4) is 0 Å². The van der Waals surface area contributed by atoms with Gasteiger partial charge in [0.1, 0.15) is 11.6 Å². The smallest absolute Gasteiger partial charge is 0.115 e. The normalized spacial score (nSPS) is 10.5. The van der Waals surface area contributed by atoms with Gasteiger partial charge in [-0.3, -0.25) is 0 Å². The van der Waals surface area contributed by atoms with E-state index in [0.29, 0.717) is 0 Å². The molecule has 15 heavy (non-hydrogen) atoms. The molecule has 0 aliphatic carbocycles. The number of nitrogens with zero attached hydrogens (tertiary/aromatic N) is 2. The summed E-state index contributed by atoms with van der Waals surface area (Å²) in [5, 5.41) is 9.21. The van der Waals surface area contributed by atoms with Gasteiger partial charge >= 0.3 is 0 Å². The van der Waals surface area contributed by atoms with Crippen LogP contribution in [0.15, 0.2) is 30.5 Å². The molecule has 2 aromatic rings. The minimum Gasteiger partial charge on any atom is -0.508 e. The molecule has 0 saturated heterocycles. The standard InChI is InChI=1S/C12H14N2O/c1-3-12-13-9(2)8-14(12)10-4-6-11(15)7-5-10/h4-8,15H,3H2,1-2H3. The number of hydrogen-bond acceptors (Lipinski definition) is 2. The Kier molecular flexibility index (Phi) is 2.46. The average molecular weight is 202 g/mol. The largest absolute Gasteiger partial charge is 0.508 e. The van der Waals surface area contributed by atoms with Crippen LogP contribution in [0.2, 0.25) is 0 Å². The van der Waals surface area contributed by atoms with Gasteiger partial charge in [-0.15, -0.1) is 0 Å². The monoisotopic (exact) mass is 202 g/mol. The summed E-state index contributed by atoms with van der Waals surface area (Å²) in [5.41, 5.74) is 2.05. The van der Waals surface area contributed by atoms with Crippen molar-refractivity contribution in [2.24, 2.45) is 0 Å². The van der Waals surface area contributed by atoms with Crippen LogP contribution >= 0.6 is 0 Å². The average Bonchev–Trinajstić information content (AvgIpc) is 2.61. The third-order valence-electron chi connectivity index (χ3n) is 2.34. The number of hydrogen-bond donors (Lipinski definition) is 1. The van der Waals surface area contributed by atoms with Crippen LogP contribution in [0.1, 0.15) is 18.4 Å². The zero-order valence-electron chi connectivity index (χ0n) is 8.94. The van der Waals surface area contributed by atoms with Gasteiger partial charge in [-0.25, -0.2) is 4.98 Å². The van der Waals surface area contributed by atoms with Gasteiger partial charge in [-0.05, 0) is 31.2 Å². The molecule has 3 heteroatoms. The number of aryl methyl sites for hydroxylation is 2. The van der Waals surface area contributed by atoms with E-state index in [1.165, 1.54) is 0 Å². The van der Waals surface area contributed by atoms with Gasteiger partial charge in [0.2, 0.25) is 0 Å². The highest BCUT2D eigenvalue weighted by Gasteiger charge is 2.04. The third-order valence-corrected chi connectivity index (χ3v) is 2.34. The molecule has 3 nitrogen and oxygen atoms in total. The Morgan fingerprint density at radius 2 is 1.93 bits per heavy atom. The highest BCUT2D eigenvalue weighted by molar-refractivity contribution is 5.38. The maximum Gasteiger partial charge on any atom is 0.115 e. The van der Waals surface area contributed by atoms with Crippen LogP contribution in [-0.4, -0.2) is 14.7 Å². The van der Waals surface area contributed by atoms with Crippen LogP contribution in [-0.2, 0) is 6.42 Å².